The Morgan fingerprint density at radius 1 is 1.04 bits per heavy atom. The fourth-order valence-corrected chi connectivity index (χ4v) is 3.01. The van der Waals surface area contributed by atoms with Gasteiger partial charge in [0, 0.05) is 31.5 Å². The molecule has 1 aromatic heterocycles. The van der Waals surface area contributed by atoms with Gasteiger partial charge in [-0.05, 0) is 38.5 Å². The van der Waals surface area contributed by atoms with E-state index in [1.165, 1.54) is 0 Å². The van der Waals surface area contributed by atoms with Crippen molar-refractivity contribution in [3.8, 4) is 0 Å². The van der Waals surface area contributed by atoms with Gasteiger partial charge in [0.1, 0.15) is 11.9 Å². The topological polar surface area (TPSA) is 45.6 Å². The molecule has 0 aliphatic carbocycles. The third-order valence-electron chi connectivity index (χ3n) is 4.53. The number of aryl methyl sites for hydroxylation is 1. The molecule has 27 heavy (non-hydrogen) atoms. The smallest absolute Gasteiger partial charge is 0.242 e. The van der Waals surface area contributed by atoms with Gasteiger partial charge < -0.3 is 14.4 Å². The number of rotatable bonds is 8. The van der Waals surface area contributed by atoms with Gasteiger partial charge in [0.2, 0.25) is 11.8 Å². The fourth-order valence-electron chi connectivity index (χ4n) is 2.88. The van der Waals surface area contributed by atoms with Gasteiger partial charge in [-0.1, -0.05) is 30.3 Å². The van der Waals surface area contributed by atoms with Gasteiger partial charge in [-0.3, -0.25) is 9.59 Å². The van der Waals surface area contributed by atoms with Crippen LogP contribution >= 0.6 is 11.6 Å². The quantitative estimate of drug-likeness (QED) is 0.649. The van der Waals surface area contributed by atoms with Crippen LogP contribution in [0.5, 0.6) is 0 Å². The normalized spacial score (nSPS) is 12.1. The van der Waals surface area contributed by atoms with Crippen molar-refractivity contribution < 1.29 is 9.59 Å². The zero-order valence-electron chi connectivity index (χ0n) is 16.4. The highest BCUT2D eigenvalue weighted by molar-refractivity contribution is 6.30. The lowest BCUT2D eigenvalue weighted by atomic mass is 10.2. The van der Waals surface area contributed by atoms with Crippen molar-refractivity contribution in [2.24, 2.45) is 7.05 Å². The summed E-state index contributed by atoms with van der Waals surface area (Å²) in [6, 6.07) is 13.7. The summed E-state index contributed by atoms with van der Waals surface area (Å²) in [6.07, 6.45) is 1.96. The van der Waals surface area contributed by atoms with E-state index in [0.29, 0.717) is 13.1 Å². The average molecular weight is 390 g/mol. The summed E-state index contributed by atoms with van der Waals surface area (Å²) in [5.41, 5.74) is 2.08. The maximum atomic E-state index is 13.1. The summed E-state index contributed by atoms with van der Waals surface area (Å²) < 4.78 is 2.00. The summed E-state index contributed by atoms with van der Waals surface area (Å²) >= 11 is 5.98. The zero-order chi connectivity index (χ0) is 20.0. The van der Waals surface area contributed by atoms with E-state index in [2.05, 4.69) is 0 Å². The number of benzene rings is 1. The van der Waals surface area contributed by atoms with E-state index in [4.69, 9.17) is 11.6 Å². The van der Waals surface area contributed by atoms with E-state index in [1.54, 1.807) is 16.7 Å². The number of hydrogen-bond donors (Lipinski definition) is 0. The number of alkyl halides is 1. The molecule has 0 unspecified atom stereocenters. The number of carbonyl (C=O) groups excluding carboxylic acids is 2. The van der Waals surface area contributed by atoms with E-state index in [0.717, 1.165) is 11.3 Å². The van der Waals surface area contributed by atoms with Crippen LogP contribution in [0.25, 0.3) is 0 Å². The molecule has 0 N–H and O–H groups in total. The van der Waals surface area contributed by atoms with Crippen LogP contribution in [0.2, 0.25) is 0 Å². The summed E-state index contributed by atoms with van der Waals surface area (Å²) in [4.78, 5) is 28.8. The second-order valence-electron chi connectivity index (χ2n) is 7.02. The van der Waals surface area contributed by atoms with Gasteiger partial charge in [-0.2, -0.15) is 0 Å². The summed E-state index contributed by atoms with van der Waals surface area (Å²) in [5.74, 6) is -0.321. The van der Waals surface area contributed by atoms with Crippen LogP contribution in [-0.4, -0.2) is 44.1 Å². The molecule has 5 nitrogen and oxygen atoms in total. The molecule has 1 heterocycles. The van der Waals surface area contributed by atoms with Gasteiger partial charge >= 0.3 is 0 Å². The largest absolute Gasteiger partial charge is 0.353 e. The van der Waals surface area contributed by atoms with Crippen molar-refractivity contribution in [1.82, 2.24) is 14.4 Å². The molecule has 2 amide bonds. The standard InChI is InChI=1S/C21H28ClN3O2/c1-16(2)25(21(27)17(3)22)15-20(26)24(13-18-9-6-5-7-10-18)14-19-11-8-12-23(19)4/h5-12,16-17H,13-15H2,1-4H3/t17-/m0/s1. The lowest BCUT2D eigenvalue weighted by Crippen LogP contribution is -2.47. The molecule has 1 atom stereocenters. The molecule has 1 aromatic carbocycles. The molecule has 0 saturated heterocycles. The van der Waals surface area contributed by atoms with Gasteiger partial charge in [-0.25, -0.2) is 0 Å². The lowest BCUT2D eigenvalue weighted by molar-refractivity contribution is -0.142. The summed E-state index contributed by atoms with van der Waals surface area (Å²) in [6.45, 7) is 6.40. The maximum Gasteiger partial charge on any atom is 0.242 e. The molecule has 0 fully saturated rings. The Bertz CT molecular complexity index is 756. The molecule has 0 bridgehead atoms. The van der Waals surface area contributed by atoms with Gasteiger partial charge in [0.25, 0.3) is 0 Å². The van der Waals surface area contributed by atoms with Crippen molar-refractivity contribution >= 4 is 23.4 Å². The molecule has 0 aliphatic heterocycles. The molecule has 146 valence electrons. The van der Waals surface area contributed by atoms with E-state index in [1.807, 2.05) is 74.1 Å². The third-order valence-corrected chi connectivity index (χ3v) is 4.71. The molecule has 0 saturated carbocycles. The molecule has 0 aliphatic rings. The Balaban J connectivity index is 2.21. The highest BCUT2D eigenvalue weighted by atomic mass is 35.5. The molecule has 2 aromatic rings. The van der Waals surface area contributed by atoms with Crippen LogP contribution in [0.1, 0.15) is 32.0 Å². The third kappa shape index (κ3) is 5.86. The lowest BCUT2D eigenvalue weighted by Gasteiger charge is -2.31. The summed E-state index contributed by atoms with van der Waals surface area (Å²) in [5, 5.41) is -0.657. The van der Waals surface area contributed by atoms with E-state index in [9.17, 15) is 9.59 Å². The first-order valence-electron chi connectivity index (χ1n) is 9.16. The second-order valence-corrected chi connectivity index (χ2v) is 7.68. The number of hydrogen-bond acceptors (Lipinski definition) is 2. The number of carbonyl (C=O) groups is 2. The van der Waals surface area contributed by atoms with Crippen LogP contribution in [-0.2, 0) is 29.7 Å². The molecule has 6 heteroatoms. The first kappa shape index (κ1) is 21.0. The second kappa shape index (κ2) is 9.60. The van der Waals surface area contributed by atoms with E-state index in [-0.39, 0.29) is 24.4 Å². The molecule has 0 radical (unpaired) electrons. The fraction of sp³-hybridized carbons (Fsp3) is 0.429. The Kier molecular flexibility index (Phi) is 7.48. The summed E-state index contributed by atoms with van der Waals surface area (Å²) in [7, 11) is 1.96. The Morgan fingerprint density at radius 2 is 1.70 bits per heavy atom. The Labute approximate surface area is 166 Å². The van der Waals surface area contributed by atoms with Crippen molar-refractivity contribution in [2.75, 3.05) is 6.54 Å². The zero-order valence-corrected chi connectivity index (χ0v) is 17.2. The number of amides is 2. The Hall–Kier alpha value is -2.27. The van der Waals surface area contributed by atoms with Crippen LogP contribution in [0.3, 0.4) is 0 Å². The molecule has 2 rings (SSSR count). The average Bonchev–Trinajstić information content (AvgIpc) is 3.03. The highest BCUT2D eigenvalue weighted by Crippen LogP contribution is 2.13. The van der Waals surface area contributed by atoms with Gasteiger partial charge in [-0.15, -0.1) is 11.6 Å². The van der Waals surface area contributed by atoms with Crippen LogP contribution in [0.15, 0.2) is 48.7 Å². The Morgan fingerprint density at radius 3 is 2.22 bits per heavy atom. The predicted octanol–water partition coefficient (Wildman–Crippen LogP) is 3.42. The SMILES string of the molecule is CC(C)N(CC(=O)N(Cc1ccccc1)Cc1cccn1C)C(=O)[C@H](C)Cl. The highest BCUT2D eigenvalue weighted by Gasteiger charge is 2.26. The van der Waals surface area contributed by atoms with Gasteiger partial charge in [0.15, 0.2) is 0 Å². The van der Waals surface area contributed by atoms with Crippen LogP contribution in [0, 0.1) is 0 Å². The monoisotopic (exact) mass is 389 g/mol. The number of halogens is 1. The maximum absolute atomic E-state index is 13.1. The minimum absolute atomic E-state index is 0.0187. The molecule has 0 spiro atoms. The van der Waals surface area contributed by atoms with Gasteiger partial charge in [0.05, 0.1) is 6.54 Å². The number of aromatic nitrogens is 1. The molecular weight excluding hydrogens is 362 g/mol. The van der Waals surface area contributed by atoms with E-state index >= 15 is 0 Å². The minimum Gasteiger partial charge on any atom is -0.353 e. The van der Waals surface area contributed by atoms with Crippen molar-refractivity contribution in [2.45, 2.75) is 45.3 Å². The van der Waals surface area contributed by atoms with Crippen molar-refractivity contribution in [1.29, 1.82) is 0 Å². The van der Waals surface area contributed by atoms with Crippen molar-refractivity contribution in [3.05, 3.63) is 59.9 Å². The first-order valence-corrected chi connectivity index (χ1v) is 9.59. The first-order chi connectivity index (χ1) is 12.8. The number of nitrogens with zero attached hydrogens (tertiary/aromatic N) is 3. The van der Waals surface area contributed by atoms with Crippen LogP contribution < -0.4 is 0 Å². The van der Waals surface area contributed by atoms with E-state index < -0.39 is 5.38 Å². The minimum atomic E-state index is -0.657. The van der Waals surface area contributed by atoms with Crippen LogP contribution in [0.4, 0.5) is 0 Å². The molecular formula is C21H28ClN3O2. The predicted molar refractivity (Wildman–Crippen MR) is 108 cm³/mol. The van der Waals surface area contributed by atoms with Crippen molar-refractivity contribution in [3.63, 3.8) is 0 Å².